The van der Waals surface area contributed by atoms with Gasteiger partial charge in [0.15, 0.2) is 5.75 Å². The topological polar surface area (TPSA) is 61.6 Å². The fourth-order valence-electron chi connectivity index (χ4n) is 0.784. The number of nitrogens with zero attached hydrogens (tertiary/aromatic N) is 1. The zero-order valence-corrected chi connectivity index (χ0v) is 6.69. The average molecular weight is 187 g/mol. The molecule has 0 radical (unpaired) electrons. The Hall–Kier alpha value is -1.69. The lowest BCUT2D eigenvalue weighted by molar-refractivity contribution is -0.387. The third-order valence-electron chi connectivity index (χ3n) is 1.30. The number of hydrogen-bond donors (Lipinski definition) is 0. The number of nitro benzene ring substituents is 1. The summed E-state index contributed by atoms with van der Waals surface area (Å²) in [6.45, 7) is 0. The highest BCUT2D eigenvalue weighted by Gasteiger charge is 2.14. The Bertz CT molecular complexity index is 328. The largest absolute Gasteiger partial charge is 0.338 e. The first-order valence-electron chi connectivity index (χ1n) is 3.29. The monoisotopic (exact) mass is 187 g/mol. The molecule has 0 saturated carbocycles. The SMILES string of the molecule is COOc1ccc([N+](=O)[O-])c(F)c1. The molecule has 0 fully saturated rings. The summed E-state index contributed by atoms with van der Waals surface area (Å²) in [7, 11) is 1.25. The first-order valence-corrected chi connectivity index (χ1v) is 3.29. The van der Waals surface area contributed by atoms with E-state index in [4.69, 9.17) is 0 Å². The Labute approximate surface area is 72.8 Å². The van der Waals surface area contributed by atoms with Crippen molar-refractivity contribution in [2.45, 2.75) is 0 Å². The van der Waals surface area contributed by atoms with Gasteiger partial charge < -0.3 is 4.89 Å². The third kappa shape index (κ3) is 2.12. The van der Waals surface area contributed by atoms with Crippen LogP contribution in [0, 0.1) is 15.9 Å². The maximum atomic E-state index is 12.8. The van der Waals surface area contributed by atoms with Crippen LogP contribution in [0.25, 0.3) is 0 Å². The van der Waals surface area contributed by atoms with E-state index in [1.165, 1.54) is 13.2 Å². The van der Waals surface area contributed by atoms with Crippen molar-refractivity contribution in [1.82, 2.24) is 0 Å². The minimum absolute atomic E-state index is 0.0746. The number of benzene rings is 1. The lowest BCUT2D eigenvalue weighted by Crippen LogP contribution is -1.95. The van der Waals surface area contributed by atoms with E-state index in [0.29, 0.717) is 0 Å². The molecule has 0 aliphatic carbocycles. The maximum absolute atomic E-state index is 12.8. The summed E-state index contributed by atoms with van der Waals surface area (Å²) in [6.07, 6.45) is 0. The molecule has 1 aromatic rings. The first-order chi connectivity index (χ1) is 6.15. The molecule has 0 N–H and O–H groups in total. The van der Waals surface area contributed by atoms with Crippen LogP contribution in [0.2, 0.25) is 0 Å². The molecule has 0 aliphatic rings. The molecule has 0 unspecified atom stereocenters. The number of hydrogen-bond acceptors (Lipinski definition) is 4. The van der Waals surface area contributed by atoms with Gasteiger partial charge in [-0.2, -0.15) is 9.28 Å². The van der Waals surface area contributed by atoms with Crippen molar-refractivity contribution in [3.8, 4) is 5.75 Å². The Balaban J connectivity index is 2.98. The van der Waals surface area contributed by atoms with Crippen molar-refractivity contribution in [3.05, 3.63) is 34.1 Å². The Kier molecular flexibility index (Phi) is 2.76. The molecule has 1 aromatic carbocycles. The molecule has 0 amide bonds. The minimum atomic E-state index is -0.959. The molecular formula is C7H6FNO4. The van der Waals surface area contributed by atoms with Crippen molar-refractivity contribution in [2.75, 3.05) is 7.11 Å². The fraction of sp³-hybridized carbons (Fsp3) is 0.143. The van der Waals surface area contributed by atoms with Gasteiger partial charge in [0.25, 0.3) is 0 Å². The van der Waals surface area contributed by atoms with Crippen molar-refractivity contribution in [2.24, 2.45) is 0 Å². The van der Waals surface area contributed by atoms with Gasteiger partial charge in [-0.25, -0.2) is 0 Å². The van der Waals surface area contributed by atoms with Gasteiger partial charge in [0.1, 0.15) is 0 Å². The number of nitro groups is 1. The van der Waals surface area contributed by atoms with Gasteiger partial charge in [0, 0.05) is 12.1 Å². The fourth-order valence-corrected chi connectivity index (χ4v) is 0.784. The number of rotatable bonds is 3. The van der Waals surface area contributed by atoms with Gasteiger partial charge in [0.05, 0.1) is 12.0 Å². The normalized spacial score (nSPS) is 9.69. The van der Waals surface area contributed by atoms with Crippen LogP contribution in [-0.2, 0) is 4.89 Å². The quantitative estimate of drug-likeness (QED) is 0.410. The Morgan fingerprint density at radius 1 is 1.54 bits per heavy atom. The second-order valence-electron chi connectivity index (χ2n) is 2.12. The van der Waals surface area contributed by atoms with Gasteiger partial charge in [-0.3, -0.25) is 10.1 Å². The first kappa shape index (κ1) is 9.40. The van der Waals surface area contributed by atoms with Crippen molar-refractivity contribution in [1.29, 1.82) is 0 Å². The summed E-state index contributed by atoms with van der Waals surface area (Å²) < 4.78 is 12.8. The van der Waals surface area contributed by atoms with Crippen LogP contribution < -0.4 is 4.89 Å². The van der Waals surface area contributed by atoms with Gasteiger partial charge in [0.2, 0.25) is 5.82 Å². The van der Waals surface area contributed by atoms with Crippen LogP contribution in [0.5, 0.6) is 5.75 Å². The molecule has 1 rings (SSSR count). The van der Waals surface area contributed by atoms with Crippen molar-refractivity contribution >= 4 is 5.69 Å². The zero-order chi connectivity index (χ0) is 9.84. The van der Waals surface area contributed by atoms with Crippen LogP contribution >= 0.6 is 0 Å². The highest BCUT2D eigenvalue weighted by Crippen LogP contribution is 2.22. The van der Waals surface area contributed by atoms with Crippen LogP contribution in [0.15, 0.2) is 18.2 Å². The van der Waals surface area contributed by atoms with E-state index in [-0.39, 0.29) is 5.75 Å². The predicted octanol–water partition coefficient (Wildman–Crippen LogP) is 1.67. The molecule has 0 aliphatic heterocycles. The minimum Gasteiger partial charge on any atom is -0.338 e. The van der Waals surface area contributed by atoms with E-state index in [1.54, 1.807) is 0 Å². The molecule has 13 heavy (non-hydrogen) atoms. The van der Waals surface area contributed by atoms with Crippen LogP contribution in [0.3, 0.4) is 0 Å². The molecule has 70 valence electrons. The molecule has 0 atom stereocenters. The summed E-state index contributed by atoms with van der Waals surface area (Å²) in [5, 5.41) is 10.2. The van der Waals surface area contributed by atoms with Crippen LogP contribution in [0.1, 0.15) is 0 Å². The maximum Gasteiger partial charge on any atom is 0.305 e. The van der Waals surface area contributed by atoms with Crippen LogP contribution in [-0.4, -0.2) is 12.0 Å². The molecule has 0 heterocycles. The second-order valence-corrected chi connectivity index (χ2v) is 2.12. The summed E-state index contributed by atoms with van der Waals surface area (Å²) in [5.74, 6) is -0.884. The molecule has 0 saturated heterocycles. The Morgan fingerprint density at radius 2 is 2.23 bits per heavy atom. The molecule has 6 heteroatoms. The highest BCUT2D eigenvalue weighted by atomic mass is 19.1. The predicted molar refractivity (Wildman–Crippen MR) is 40.7 cm³/mol. The van der Waals surface area contributed by atoms with Crippen molar-refractivity contribution < 1.29 is 19.1 Å². The average Bonchev–Trinajstić information content (AvgIpc) is 2.04. The van der Waals surface area contributed by atoms with Gasteiger partial charge in [-0.1, -0.05) is 0 Å². The lowest BCUT2D eigenvalue weighted by atomic mass is 10.3. The van der Waals surface area contributed by atoms with E-state index in [1.807, 2.05) is 0 Å². The standard InChI is InChI=1S/C7H6FNO4/c1-12-13-5-2-3-7(9(10)11)6(8)4-5/h2-4H,1H3. The van der Waals surface area contributed by atoms with E-state index in [0.717, 1.165) is 12.1 Å². The highest BCUT2D eigenvalue weighted by molar-refractivity contribution is 5.37. The van der Waals surface area contributed by atoms with Crippen molar-refractivity contribution in [3.63, 3.8) is 0 Å². The second kappa shape index (κ2) is 3.81. The van der Waals surface area contributed by atoms with Crippen LogP contribution in [0.4, 0.5) is 10.1 Å². The van der Waals surface area contributed by atoms with E-state index >= 15 is 0 Å². The van der Waals surface area contributed by atoms with Gasteiger partial charge in [-0.05, 0) is 6.07 Å². The zero-order valence-electron chi connectivity index (χ0n) is 6.69. The summed E-state index contributed by atoms with van der Waals surface area (Å²) in [4.78, 5) is 18.1. The van der Waals surface area contributed by atoms with E-state index in [9.17, 15) is 14.5 Å². The molecule has 0 bridgehead atoms. The van der Waals surface area contributed by atoms with E-state index in [2.05, 4.69) is 9.78 Å². The smallest absolute Gasteiger partial charge is 0.305 e. The number of halogens is 1. The summed E-state index contributed by atoms with van der Waals surface area (Å²) in [5.41, 5.74) is -0.594. The summed E-state index contributed by atoms with van der Waals surface area (Å²) in [6, 6.07) is 3.12. The Morgan fingerprint density at radius 3 is 2.69 bits per heavy atom. The van der Waals surface area contributed by atoms with E-state index < -0.39 is 16.4 Å². The summed E-state index contributed by atoms with van der Waals surface area (Å²) >= 11 is 0. The lowest BCUT2D eigenvalue weighted by Gasteiger charge is -1.99. The van der Waals surface area contributed by atoms with Gasteiger partial charge in [-0.15, -0.1) is 0 Å². The van der Waals surface area contributed by atoms with Gasteiger partial charge >= 0.3 is 5.69 Å². The molecule has 0 spiro atoms. The molecular weight excluding hydrogens is 181 g/mol. The molecule has 5 nitrogen and oxygen atoms in total. The third-order valence-corrected chi connectivity index (χ3v) is 1.30. The molecule has 0 aromatic heterocycles.